The number of aromatic nitrogens is 2. The number of para-hydroxylation sites is 1. The lowest BCUT2D eigenvalue weighted by Crippen LogP contribution is -2.42. The van der Waals surface area contributed by atoms with Crippen LogP contribution in [-0.2, 0) is 17.9 Å². The van der Waals surface area contributed by atoms with Gasteiger partial charge in [-0.15, -0.1) is 0 Å². The quantitative estimate of drug-likeness (QED) is 0.114. The number of nitrogens with zero attached hydrogens (tertiary/aromatic N) is 3. The molecule has 1 aromatic carbocycles. The SMILES string of the molecule is C=C/C=C(\CC)Cn1c(=O)c(C)cn(C2CCC(CCO)O2)c1=O.CF.O=[N+]([O-])c1ccccc1CO.OP.OP.OP. The summed E-state index contributed by atoms with van der Waals surface area (Å²) in [6.45, 7) is 7.39. The van der Waals surface area contributed by atoms with Gasteiger partial charge >= 0.3 is 5.69 Å². The fourth-order valence-corrected chi connectivity index (χ4v) is 3.83. The molecule has 17 heteroatoms. The first-order valence-corrected chi connectivity index (χ1v) is 14.2. The van der Waals surface area contributed by atoms with E-state index in [-0.39, 0.29) is 49.0 Å². The van der Waals surface area contributed by atoms with E-state index in [2.05, 4.69) is 6.58 Å². The van der Waals surface area contributed by atoms with Gasteiger partial charge in [-0.3, -0.25) is 28.4 Å². The van der Waals surface area contributed by atoms with Crippen LogP contribution in [0.2, 0.25) is 0 Å². The van der Waals surface area contributed by atoms with Crippen molar-refractivity contribution in [2.45, 2.75) is 65.0 Å². The fourth-order valence-electron chi connectivity index (χ4n) is 3.83. The maximum Gasteiger partial charge on any atom is 0.333 e. The van der Waals surface area contributed by atoms with E-state index in [0.717, 1.165) is 18.4 Å². The average molecular weight is 672 g/mol. The average Bonchev–Trinajstić information content (AvgIpc) is 3.53. The minimum atomic E-state index is -0.508. The summed E-state index contributed by atoms with van der Waals surface area (Å²) in [5.74, 6) is 0. The third kappa shape index (κ3) is 15.9. The molecular formula is C26H45FN3O10P3. The van der Waals surface area contributed by atoms with Crippen molar-refractivity contribution in [1.82, 2.24) is 9.13 Å². The molecule has 2 aromatic rings. The molecule has 1 aliphatic heterocycles. The maximum absolute atomic E-state index is 12.8. The van der Waals surface area contributed by atoms with Gasteiger partial charge in [0, 0.05) is 24.4 Å². The summed E-state index contributed by atoms with van der Waals surface area (Å²) in [4.78, 5) is 55.7. The van der Waals surface area contributed by atoms with E-state index in [9.17, 15) is 24.1 Å². The molecule has 2 heterocycles. The first kappa shape index (κ1) is 45.2. The van der Waals surface area contributed by atoms with Crippen LogP contribution < -0.4 is 11.2 Å². The summed E-state index contributed by atoms with van der Waals surface area (Å²) in [6, 6.07) is 6.11. The maximum atomic E-state index is 12.8. The number of ether oxygens (including phenoxy) is 1. The molecule has 0 bridgehead atoms. The van der Waals surface area contributed by atoms with Crippen molar-refractivity contribution in [3.05, 3.63) is 96.8 Å². The molecule has 5 atom stereocenters. The van der Waals surface area contributed by atoms with E-state index in [1.807, 2.05) is 13.0 Å². The summed E-state index contributed by atoms with van der Waals surface area (Å²) in [5.41, 5.74) is 1.16. The predicted octanol–water partition coefficient (Wildman–Crippen LogP) is 2.88. The Balaban J connectivity index is -0.000000703. The molecule has 13 nitrogen and oxygen atoms in total. The Morgan fingerprint density at radius 2 is 1.72 bits per heavy atom. The molecule has 5 unspecified atom stereocenters. The van der Waals surface area contributed by atoms with Gasteiger partial charge in [-0.05, 0) is 67.1 Å². The van der Waals surface area contributed by atoms with Crippen LogP contribution >= 0.6 is 28.4 Å². The molecule has 1 fully saturated rings. The van der Waals surface area contributed by atoms with Gasteiger partial charge in [0.25, 0.3) is 11.2 Å². The number of aliphatic hydroxyl groups excluding tert-OH is 2. The highest BCUT2D eigenvalue weighted by Gasteiger charge is 2.28. The molecule has 3 rings (SSSR count). The van der Waals surface area contributed by atoms with Gasteiger partial charge in [-0.1, -0.05) is 43.4 Å². The van der Waals surface area contributed by atoms with Gasteiger partial charge < -0.3 is 29.6 Å². The van der Waals surface area contributed by atoms with Crippen LogP contribution in [0.4, 0.5) is 10.1 Å². The lowest BCUT2D eigenvalue weighted by Gasteiger charge is -2.18. The van der Waals surface area contributed by atoms with Crippen molar-refractivity contribution in [2.75, 3.05) is 13.8 Å². The summed E-state index contributed by atoms with van der Waals surface area (Å²) >= 11 is 0. The zero-order valence-electron chi connectivity index (χ0n) is 24.6. The first-order chi connectivity index (χ1) is 20.8. The largest absolute Gasteiger partial charge is 0.396 e. The molecule has 0 amide bonds. The van der Waals surface area contributed by atoms with Crippen molar-refractivity contribution in [3.63, 3.8) is 0 Å². The number of benzene rings is 1. The zero-order chi connectivity index (χ0) is 34.0. The molecule has 0 aliphatic carbocycles. The number of allylic oxidation sites excluding steroid dienone is 3. The summed E-state index contributed by atoms with van der Waals surface area (Å²) in [5, 5.41) is 28.0. The summed E-state index contributed by atoms with van der Waals surface area (Å²) in [7, 11) is 4.75. The van der Waals surface area contributed by atoms with Crippen molar-refractivity contribution in [3.8, 4) is 0 Å². The van der Waals surface area contributed by atoms with Crippen LogP contribution in [0.3, 0.4) is 0 Å². The molecule has 1 aromatic heterocycles. The second kappa shape index (κ2) is 28.5. The van der Waals surface area contributed by atoms with E-state index in [1.165, 1.54) is 49.7 Å². The van der Waals surface area contributed by atoms with Gasteiger partial charge in [0.2, 0.25) is 0 Å². The Labute approximate surface area is 257 Å². The third-order valence-corrected chi connectivity index (χ3v) is 5.74. The Morgan fingerprint density at radius 1 is 1.14 bits per heavy atom. The molecule has 0 spiro atoms. The normalized spacial score (nSPS) is 14.8. The molecule has 1 saturated heterocycles. The number of hydrogen-bond acceptors (Lipinski definition) is 10. The molecule has 0 saturated carbocycles. The van der Waals surface area contributed by atoms with Gasteiger partial charge in [-0.2, -0.15) is 0 Å². The van der Waals surface area contributed by atoms with Gasteiger partial charge in [0.05, 0.1) is 36.9 Å². The Kier molecular flexibility index (Phi) is 30.0. The van der Waals surface area contributed by atoms with Gasteiger partial charge in [0.15, 0.2) is 0 Å². The van der Waals surface area contributed by atoms with E-state index in [1.54, 1.807) is 31.3 Å². The molecule has 246 valence electrons. The lowest BCUT2D eigenvalue weighted by atomic mass is 10.2. The highest BCUT2D eigenvalue weighted by molar-refractivity contribution is 7.08. The van der Waals surface area contributed by atoms with Crippen LogP contribution in [0.15, 0.2) is 64.4 Å². The Bertz CT molecular complexity index is 1200. The van der Waals surface area contributed by atoms with Crippen LogP contribution in [0.5, 0.6) is 0 Å². The fraction of sp³-hybridized carbons (Fsp3) is 0.462. The lowest BCUT2D eigenvalue weighted by molar-refractivity contribution is -0.385. The van der Waals surface area contributed by atoms with Crippen LogP contribution in [0, 0.1) is 17.0 Å². The molecule has 0 radical (unpaired) electrons. The standard InChI is InChI=1S/C18H26N2O4.C7H7NO3.CH3F.3H3OP/c1-4-6-14(5-2)12-20-17(22)13(3)11-19(18(20)23)16-8-7-15(24-16)9-10-21;9-5-6-3-1-2-4-7(6)8(10)11;4*1-2/h4,6,11,15-16,21H,1,5,7-10,12H2,2-3H3;1-4,9H,5H2;1H3;3*1H,2H2/b14-6+;;;;;. The third-order valence-electron chi connectivity index (χ3n) is 5.74. The van der Waals surface area contributed by atoms with E-state index in [4.69, 9.17) is 29.6 Å². The number of nitro benzene ring substituents is 1. The number of aryl methyl sites for hydroxylation is 1. The smallest absolute Gasteiger partial charge is 0.333 e. The predicted molar refractivity (Wildman–Crippen MR) is 175 cm³/mol. The molecule has 43 heavy (non-hydrogen) atoms. The highest BCUT2D eigenvalue weighted by Crippen LogP contribution is 2.28. The van der Waals surface area contributed by atoms with Gasteiger partial charge in [0.1, 0.15) is 6.23 Å². The van der Waals surface area contributed by atoms with E-state index < -0.39 is 4.92 Å². The zero-order valence-corrected chi connectivity index (χ0v) is 28.0. The van der Waals surface area contributed by atoms with Crippen molar-refractivity contribution < 1.29 is 38.9 Å². The second-order valence-electron chi connectivity index (χ2n) is 8.15. The minimum absolute atomic E-state index is 0.0324. The summed E-state index contributed by atoms with van der Waals surface area (Å²) in [6.07, 6.45) is 7.46. The van der Waals surface area contributed by atoms with Crippen molar-refractivity contribution in [1.29, 1.82) is 0 Å². The van der Waals surface area contributed by atoms with Gasteiger partial charge in [-0.25, -0.2) is 4.79 Å². The number of hydrogen-bond donors (Lipinski definition) is 5. The number of nitro groups is 1. The number of rotatable bonds is 9. The second-order valence-corrected chi connectivity index (χ2v) is 8.15. The van der Waals surface area contributed by atoms with Crippen LogP contribution in [-0.4, -0.2) is 58.8 Å². The molecule has 1 aliphatic rings. The summed E-state index contributed by atoms with van der Waals surface area (Å²) < 4.78 is 18.1. The highest BCUT2D eigenvalue weighted by atomic mass is 31.0. The number of halogens is 1. The minimum Gasteiger partial charge on any atom is -0.396 e. The number of alkyl halides is 1. The van der Waals surface area contributed by atoms with Crippen molar-refractivity contribution in [2.24, 2.45) is 0 Å². The van der Waals surface area contributed by atoms with Crippen LogP contribution in [0.1, 0.15) is 50.0 Å². The number of aliphatic hydroxyl groups is 2. The van der Waals surface area contributed by atoms with Crippen LogP contribution in [0.25, 0.3) is 0 Å². The van der Waals surface area contributed by atoms with E-state index >= 15 is 0 Å². The molecule has 5 N–H and O–H groups in total. The van der Waals surface area contributed by atoms with E-state index in [0.29, 0.717) is 31.1 Å². The van der Waals surface area contributed by atoms with Crippen molar-refractivity contribution >= 4 is 34.1 Å². The monoisotopic (exact) mass is 671 g/mol. The molecular weight excluding hydrogens is 626 g/mol. The Hall–Kier alpha value is -2.24. The Morgan fingerprint density at radius 3 is 2.19 bits per heavy atom. The first-order valence-electron chi connectivity index (χ1n) is 12.6. The topological polar surface area (TPSA) is 198 Å².